The SMILES string of the molecule is Cc1cc(N)cc2c1C(=O)N([C@@H](C)C1CC1)C2. The molecule has 2 aliphatic rings. The van der Waals surface area contributed by atoms with Crippen molar-refractivity contribution in [3.05, 3.63) is 28.8 Å². The lowest BCUT2D eigenvalue weighted by Crippen LogP contribution is -2.34. The third-order valence-electron chi connectivity index (χ3n) is 4.05. The van der Waals surface area contributed by atoms with Crippen LogP contribution in [0.5, 0.6) is 0 Å². The van der Waals surface area contributed by atoms with Gasteiger partial charge in [0.05, 0.1) is 0 Å². The van der Waals surface area contributed by atoms with Gasteiger partial charge in [0.2, 0.25) is 0 Å². The van der Waals surface area contributed by atoms with Crippen LogP contribution in [0, 0.1) is 12.8 Å². The maximum atomic E-state index is 12.4. The van der Waals surface area contributed by atoms with Gasteiger partial charge < -0.3 is 10.6 Å². The van der Waals surface area contributed by atoms with E-state index in [0.717, 1.165) is 28.9 Å². The van der Waals surface area contributed by atoms with Crippen LogP contribution in [0.3, 0.4) is 0 Å². The van der Waals surface area contributed by atoms with Crippen LogP contribution in [-0.4, -0.2) is 16.8 Å². The third-order valence-corrected chi connectivity index (χ3v) is 4.05. The van der Waals surface area contributed by atoms with Gasteiger partial charge in [-0.3, -0.25) is 4.79 Å². The van der Waals surface area contributed by atoms with Gasteiger partial charge >= 0.3 is 0 Å². The Hall–Kier alpha value is -1.51. The first-order valence-electron chi connectivity index (χ1n) is 6.28. The molecule has 3 nitrogen and oxygen atoms in total. The van der Waals surface area contributed by atoms with Crippen LogP contribution in [0.25, 0.3) is 0 Å². The smallest absolute Gasteiger partial charge is 0.255 e. The number of rotatable bonds is 2. The van der Waals surface area contributed by atoms with Crippen LogP contribution in [0.1, 0.15) is 41.3 Å². The number of carbonyl (C=O) groups excluding carboxylic acids is 1. The van der Waals surface area contributed by atoms with E-state index >= 15 is 0 Å². The second kappa shape index (κ2) is 3.49. The van der Waals surface area contributed by atoms with Gasteiger partial charge in [0.15, 0.2) is 0 Å². The number of anilines is 1. The first kappa shape index (κ1) is 10.6. The van der Waals surface area contributed by atoms with Crippen molar-refractivity contribution in [3.63, 3.8) is 0 Å². The summed E-state index contributed by atoms with van der Waals surface area (Å²) in [5, 5.41) is 0. The van der Waals surface area contributed by atoms with Crippen LogP contribution in [0.2, 0.25) is 0 Å². The number of nitrogens with zero attached hydrogens (tertiary/aromatic N) is 1. The van der Waals surface area contributed by atoms with Crippen molar-refractivity contribution in [2.45, 2.75) is 39.3 Å². The molecular formula is C14H18N2O. The number of carbonyl (C=O) groups is 1. The highest BCUT2D eigenvalue weighted by Crippen LogP contribution is 2.39. The van der Waals surface area contributed by atoms with Gasteiger partial charge in [-0.15, -0.1) is 0 Å². The molecule has 1 saturated carbocycles. The number of benzene rings is 1. The topological polar surface area (TPSA) is 46.3 Å². The Morgan fingerprint density at radius 2 is 2.12 bits per heavy atom. The molecule has 1 heterocycles. The number of fused-ring (bicyclic) bond motifs is 1. The molecule has 1 aliphatic heterocycles. The summed E-state index contributed by atoms with van der Waals surface area (Å²) < 4.78 is 0. The molecule has 0 unspecified atom stereocenters. The van der Waals surface area contributed by atoms with E-state index in [-0.39, 0.29) is 5.91 Å². The van der Waals surface area contributed by atoms with Crippen molar-refractivity contribution in [3.8, 4) is 0 Å². The van der Waals surface area contributed by atoms with E-state index in [4.69, 9.17) is 5.73 Å². The summed E-state index contributed by atoms with van der Waals surface area (Å²) in [6.07, 6.45) is 2.53. The standard InChI is InChI=1S/C14H18N2O/c1-8-5-12(15)6-11-7-16(14(17)13(8)11)9(2)10-3-4-10/h5-6,9-10H,3-4,7,15H2,1-2H3/t9-/m0/s1. The minimum absolute atomic E-state index is 0.192. The maximum absolute atomic E-state index is 12.4. The Labute approximate surface area is 102 Å². The van der Waals surface area contributed by atoms with Crippen molar-refractivity contribution < 1.29 is 4.79 Å². The van der Waals surface area contributed by atoms with E-state index in [1.54, 1.807) is 0 Å². The van der Waals surface area contributed by atoms with E-state index in [1.165, 1.54) is 12.8 Å². The second-order valence-electron chi connectivity index (χ2n) is 5.38. The molecule has 3 heteroatoms. The fraction of sp³-hybridized carbons (Fsp3) is 0.500. The van der Waals surface area contributed by atoms with E-state index in [1.807, 2.05) is 24.0 Å². The van der Waals surface area contributed by atoms with Crippen molar-refractivity contribution >= 4 is 11.6 Å². The van der Waals surface area contributed by atoms with E-state index in [0.29, 0.717) is 12.0 Å². The highest BCUT2D eigenvalue weighted by Gasteiger charge is 2.38. The molecule has 3 rings (SSSR count). The summed E-state index contributed by atoms with van der Waals surface area (Å²) in [5.74, 6) is 0.905. The van der Waals surface area contributed by atoms with Crippen molar-refractivity contribution in [2.75, 3.05) is 5.73 Å². The minimum Gasteiger partial charge on any atom is -0.399 e. The van der Waals surface area contributed by atoms with Gasteiger partial charge in [0.1, 0.15) is 0 Å². The van der Waals surface area contributed by atoms with Crippen LogP contribution in [-0.2, 0) is 6.54 Å². The quantitative estimate of drug-likeness (QED) is 0.793. The van der Waals surface area contributed by atoms with Crippen molar-refractivity contribution in [2.24, 2.45) is 5.92 Å². The molecule has 0 saturated heterocycles. The number of nitrogens with two attached hydrogens (primary N) is 1. The maximum Gasteiger partial charge on any atom is 0.255 e. The first-order valence-corrected chi connectivity index (χ1v) is 6.28. The summed E-state index contributed by atoms with van der Waals surface area (Å²) in [4.78, 5) is 14.4. The van der Waals surface area contributed by atoms with Crippen molar-refractivity contribution in [1.82, 2.24) is 4.90 Å². The molecule has 1 aliphatic carbocycles. The van der Waals surface area contributed by atoms with Crippen LogP contribution < -0.4 is 5.73 Å². The molecule has 0 aromatic heterocycles. The Morgan fingerprint density at radius 3 is 2.76 bits per heavy atom. The third kappa shape index (κ3) is 1.61. The predicted molar refractivity (Wildman–Crippen MR) is 67.7 cm³/mol. The van der Waals surface area contributed by atoms with Crippen molar-refractivity contribution in [1.29, 1.82) is 0 Å². The number of hydrogen-bond donors (Lipinski definition) is 1. The molecule has 2 N–H and O–H groups in total. The van der Waals surface area contributed by atoms with Gasteiger partial charge in [0.25, 0.3) is 5.91 Å². The lowest BCUT2D eigenvalue weighted by atomic mass is 10.0. The number of aryl methyl sites for hydroxylation is 1. The van der Waals surface area contributed by atoms with E-state index in [2.05, 4.69) is 6.92 Å². The lowest BCUT2D eigenvalue weighted by Gasteiger charge is -2.24. The number of hydrogen-bond acceptors (Lipinski definition) is 2. The fourth-order valence-corrected chi connectivity index (χ4v) is 2.88. The summed E-state index contributed by atoms with van der Waals surface area (Å²) in [6, 6.07) is 4.21. The highest BCUT2D eigenvalue weighted by atomic mass is 16.2. The van der Waals surface area contributed by atoms with Gasteiger partial charge in [-0.2, -0.15) is 0 Å². The molecule has 0 spiro atoms. The number of nitrogen functional groups attached to an aromatic ring is 1. The average Bonchev–Trinajstić information content (AvgIpc) is 3.03. The lowest BCUT2D eigenvalue weighted by molar-refractivity contribution is 0.0697. The van der Waals surface area contributed by atoms with Crippen LogP contribution >= 0.6 is 0 Å². The molecule has 1 fully saturated rings. The zero-order valence-electron chi connectivity index (χ0n) is 10.4. The Balaban J connectivity index is 1.96. The Morgan fingerprint density at radius 1 is 1.41 bits per heavy atom. The molecule has 0 bridgehead atoms. The van der Waals surface area contributed by atoms with Crippen LogP contribution in [0.4, 0.5) is 5.69 Å². The molecule has 1 aromatic carbocycles. The zero-order chi connectivity index (χ0) is 12.2. The number of amides is 1. The van der Waals surface area contributed by atoms with Gasteiger partial charge in [-0.05, 0) is 55.9 Å². The molecular weight excluding hydrogens is 212 g/mol. The van der Waals surface area contributed by atoms with Crippen LogP contribution in [0.15, 0.2) is 12.1 Å². The van der Waals surface area contributed by atoms with E-state index < -0.39 is 0 Å². The normalized spacial score (nSPS) is 20.6. The Kier molecular flexibility index (Phi) is 2.18. The Bertz CT molecular complexity index is 491. The van der Waals surface area contributed by atoms with Gasteiger partial charge in [-0.1, -0.05) is 0 Å². The van der Waals surface area contributed by atoms with Gasteiger partial charge in [0, 0.05) is 23.8 Å². The second-order valence-corrected chi connectivity index (χ2v) is 5.38. The largest absolute Gasteiger partial charge is 0.399 e. The summed E-state index contributed by atoms with van der Waals surface area (Å²) in [7, 11) is 0. The first-order chi connectivity index (χ1) is 8.08. The summed E-state index contributed by atoms with van der Waals surface area (Å²) >= 11 is 0. The molecule has 90 valence electrons. The summed E-state index contributed by atoms with van der Waals surface area (Å²) in [6.45, 7) is 4.87. The van der Waals surface area contributed by atoms with Gasteiger partial charge in [-0.25, -0.2) is 0 Å². The zero-order valence-corrected chi connectivity index (χ0v) is 10.4. The van der Waals surface area contributed by atoms with E-state index in [9.17, 15) is 4.79 Å². The fourth-order valence-electron chi connectivity index (χ4n) is 2.88. The molecule has 1 aromatic rings. The molecule has 1 atom stereocenters. The highest BCUT2D eigenvalue weighted by molar-refractivity contribution is 6.00. The molecule has 17 heavy (non-hydrogen) atoms. The molecule has 0 radical (unpaired) electrons. The monoisotopic (exact) mass is 230 g/mol. The predicted octanol–water partition coefficient (Wildman–Crippen LogP) is 2.33. The minimum atomic E-state index is 0.192. The summed E-state index contributed by atoms with van der Waals surface area (Å²) in [5.41, 5.74) is 9.59. The molecule has 1 amide bonds. The average molecular weight is 230 g/mol.